The summed E-state index contributed by atoms with van der Waals surface area (Å²) in [5.74, 6) is 2.59. The van der Waals surface area contributed by atoms with Gasteiger partial charge in [0.05, 0.1) is 22.9 Å². The molecule has 8 rings (SSSR count). The van der Waals surface area contributed by atoms with Crippen molar-refractivity contribution in [2.24, 2.45) is 46.3 Å². The zero-order valence-corrected chi connectivity index (χ0v) is 26.6. The number of para-hydroxylation sites is 1. The molecule has 2 aromatic rings. The average molecular weight is 574 g/mol. The van der Waals surface area contributed by atoms with Crippen LogP contribution in [0.3, 0.4) is 0 Å². The molecule has 42 heavy (non-hydrogen) atoms. The number of nitrogens with zero attached hydrogens (tertiary/aromatic N) is 3. The number of rotatable bonds is 6. The summed E-state index contributed by atoms with van der Waals surface area (Å²) < 4.78 is 5.48. The second-order valence-corrected chi connectivity index (χ2v) is 15.9. The molecule has 2 aliphatic heterocycles. The maximum Gasteiger partial charge on any atom is 0.352 e. The number of benzene rings is 1. The van der Waals surface area contributed by atoms with Gasteiger partial charge in [0.15, 0.2) is 0 Å². The largest absolute Gasteiger partial charge is 0.393 e. The first-order valence-electron chi connectivity index (χ1n) is 16.8. The molecule has 1 N–H and O–H groups in total. The van der Waals surface area contributed by atoms with Gasteiger partial charge < -0.3 is 5.11 Å². The fourth-order valence-electron chi connectivity index (χ4n) is 11.6. The first kappa shape index (κ1) is 28.4. The quantitative estimate of drug-likeness (QED) is 0.403. The molecule has 3 heterocycles. The minimum Gasteiger partial charge on any atom is -0.393 e. The molecule has 3 saturated carbocycles. The van der Waals surface area contributed by atoms with E-state index in [-0.39, 0.29) is 28.3 Å². The Labute approximate surface area is 250 Å². The van der Waals surface area contributed by atoms with Crippen LogP contribution in [0.15, 0.2) is 52.1 Å². The van der Waals surface area contributed by atoms with Gasteiger partial charge in [0.1, 0.15) is 0 Å². The van der Waals surface area contributed by atoms with Crippen molar-refractivity contribution in [2.75, 3.05) is 0 Å². The molecule has 0 radical (unpaired) electrons. The van der Waals surface area contributed by atoms with E-state index in [2.05, 4.69) is 46.8 Å². The van der Waals surface area contributed by atoms with Crippen molar-refractivity contribution in [1.29, 1.82) is 0 Å². The first-order chi connectivity index (χ1) is 19.9. The first-order valence-corrected chi connectivity index (χ1v) is 16.8. The third kappa shape index (κ3) is 3.36. The van der Waals surface area contributed by atoms with Gasteiger partial charge in [-0.3, -0.25) is 0 Å². The molecule has 2 bridgehead atoms. The van der Waals surface area contributed by atoms with E-state index in [1.807, 2.05) is 46.6 Å². The second-order valence-electron chi connectivity index (χ2n) is 15.9. The van der Waals surface area contributed by atoms with Crippen molar-refractivity contribution in [2.45, 2.75) is 117 Å². The zero-order chi connectivity index (χ0) is 29.8. The van der Waals surface area contributed by atoms with Gasteiger partial charge in [0.25, 0.3) is 0 Å². The molecule has 228 valence electrons. The van der Waals surface area contributed by atoms with Crippen LogP contribution in [-0.4, -0.2) is 25.1 Å². The van der Waals surface area contributed by atoms with E-state index in [4.69, 9.17) is 0 Å². The summed E-state index contributed by atoms with van der Waals surface area (Å²) in [6.45, 7) is 13.8. The fraction of sp³-hybridized carbons (Fsp3) is 0.722. The minimum absolute atomic E-state index is 0.0644. The predicted molar refractivity (Wildman–Crippen MR) is 167 cm³/mol. The van der Waals surface area contributed by atoms with Gasteiger partial charge in [0.2, 0.25) is 0 Å². The molecular weight excluding hydrogens is 522 g/mol. The lowest BCUT2D eigenvalue weighted by molar-refractivity contribution is -0.193. The van der Waals surface area contributed by atoms with E-state index >= 15 is 0 Å². The van der Waals surface area contributed by atoms with Gasteiger partial charge in [-0.25, -0.2) is 23.5 Å². The standard InChI is InChI=1S/C36H51N3O3/c1-23-16-19-34(6)30-17-18-33(5)28(25(3)13-12-24(2)26(4)40)14-15-29(33)36(30)21-20-35(34,22-23)38-31(41)37(32(42)39(36)38)27-10-8-7-9-11-27/h7-11,20-21,23-26,28-30,40H,12-19,22H2,1-6H3/t23-,24?,25+,26?,28+,29?,30?,33+,34+,35?,36?/m0/s1. The molecule has 6 nitrogen and oxygen atoms in total. The highest BCUT2D eigenvalue weighted by atomic mass is 16.3. The lowest BCUT2D eigenvalue weighted by Gasteiger charge is -2.71. The van der Waals surface area contributed by atoms with Gasteiger partial charge in [-0.15, -0.1) is 0 Å². The summed E-state index contributed by atoms with van der Waals surface area (Å²) in [5, 5.41) is 10.1. The Kier molecular flexibility index (Phi) is 6.32. The second kappa shape index (κ2) is 9.33. The molecule has 6 unspecified atom stereocenters. The van der Waals surface area contributed by atoms with Crippen LogP contribution in [0, 0.1) is 46.3 Å². The highest BCUT2D eigenvalue weighted by Crippen LogP contribution is 2.74. The van der Waals surface area contributed by atoms with Gasteiger partial charge in [0, 0.05) is 5.41 Å². The molecule has 1 aromatic heterocycles. The Balaban J connectivity index is 1.41. The Morgan fingerprint density at radius 3 is 2.31 bits per heavy atom. The zero-order valence-electron chi connectivity index (χ0n) is 26.6. The van der Waals surface area contributed by atoms with E-state index in [0.717, 1.165) is 38.5 Å². The number of hydrogen-bond acceptors (Lipinski definition) is 3. The monoisotopic (exact) mass is 573 g/mol. The molecule has 3 fully saturated rings. The topological polar surface area (TPSA) is 69.2 Å². The third-order valence-corrected chi connectivity index (χ3v) is 14.0. The van der Waals surface area contributed by atoms with Crippen molar-refractivity contribution in [3.8, 4) is 5.69 Å². The van der Waals surface area contributed by atoms with E-state index in [9.17, 15) is 14.7 Å². The van der Waals surface area contributed by atoms with Crippen molar-refractivity contribution in [1.82, 2.24) is 13.9 Å². The van der Waals surface area contributed by atoms with Gasteiger partial charge in [-0.2, -0.15) is 0 Å². The molecule has 11 atom stereocenters. The smallest absolute Gasteiger partial charge is 0.352 e. The van der Waals surface area contributed by atoms with Crippen LogP contribution in [0.4, 0.5) is 0 Å². The Morgan fingerprint density at radius 1 is 0.881 bits per heavy atom. The molecule has 0 amide bonds. The molecule has 4 aliphatic carbocycles. The highest BCUT2D eigenvalue weighted by molar-refractivity contribution is 5.38. The summed E-state index contributed by atoms with van der Waals surface area (Å²) in [6.07, 6.45) is 14.5. The maximum atomic E-state index is 14.7. The number of aliphatic hydroxyl groups excluding tert-OH is 1. The summed E-state index contributed by atoms with van der Waals surface area (Å²) in [5.41, 5.74) is -0.585. The fourth-order valence-corrected chi connectivity index (χ4v) is 11.6. The number of aliphatic hydroxyl groups is 1. The van der Waals surface area contributed by atoms with Gasteiger partial charge in [-0.1, -0.05) is 71.4 Å². The van der Waals surface area contributed by atoms with Gasteiger partial charge in [-0.05, 0) is 111 Å². The van der Waals surface area contributed by atoms with Crippen molar-refractivity contribution in [3.63, 3.8) is 0 Å². The Bertz CT molecular complexity index is 1520. The SMILES string of the molecule is CC(O)C(C)CC[C@@H](C)[C@H]1CCC2C34C=CC5(C[C@@H](C)CC[C@]5(C)C3CC[C@@]21C)n1c(=O)n(-c2ccccc2)c(=O)n14. The van der Waals surface area contributed by atoms with Crippen LogP contribution in [0.25, 0.3) is 5.69 Å². The predicted octanol–water partition coefficient (Wildman–Crippen LogP) is 6.48. The van der Waals surface area contributed by atoms with Crippen LogP contribution < -0.4 is 11.4 Å². The molecule has 0 saturated heterocycles. The van der Waals surface area contributed by atoms with Gasteiger partial charge >= 0.3 is 11.4 Å². The molecule has 2 spiro atoms. The molecular formula is C36H51N3O3. The number of aromatic nitrogens is 3. The maximum absolute atomic E-state index is 14.7. The van der Waals surface area contributed by atoms with E-state index in [1.54, 1.807) is 0 Å². The lowest BCUT2D eigenvalue weighted by atomic mass is 9.40. The number of allylic oxidation sites excluding steroid dienone is 2. The number of fused-ring (bicyclic) bond motifs is 1. The minimum atomic E-state index is -0.484. The van der Waals surface area contributed by atoms with Crippen LogP contribution in [0.5, 0.6) is 0 Å². The molecule has 1 aromatic carbocycles. The van der Waals surface area contributed by atoms with Crippen LogP contribution in [0.2, 0.25) is 0 Å². The summed E-state index contributed by atoms with van der Waals surface area (Å²) in [6, 6.07) is 9.57. The third-order valence-electron chi connectivity index (χ3n) is 14.0. The normalized spacial score (nSPS) is 41.9. The number of hydrogen-bond donors (Lipinski definition) is 1. The Hall–Kier alpha value is -2.34. The van der Waals surface area contributed by atoms with E-state index < -0.39 is 11.1 Å². The van der Waals surface area contributed by atoms with E-state index in [1.165, 1.54) is 23.8 Å². The van der Waals surface area contributed by atoms with Crippen molar-refractivity contribution in [3.05, 3.63) is 63.5 Å². The lowest BCUT2D eigenvalue weighted by Crippen LogP contribution is -2.76. The van der Waals surface area contributed by atoms with E-state index in [0.29, 0.717) is 41.2 Å². The molecule has 6 aliphatic rings. The molecule has 6 heteroatoms. The van der Waals surface area contributed by atoms with Crippen LogP contribution >= 0.6 is 0 Å². The Morgan fingerprint density at radius 2 is 1.60 bits per heavy atom. The highest BCUT2D eigenvalue weighted by Gasteiger charge is 2.74. The summed E-state index contributed by atoms with van der Waals surface area (Å²) in [4.78, 5) is 29.3. The van der Waals surface area contributed by atoms with Crippen molar-refractivity contribution >= 4 is 0 Å². The summed E-state index contributed by atoms with van der Waals surface area (Å²) >= 11 is 0. The van der Waals surface area contributed by atoms with Crippen molar-refractivity contribution < 1.29 is 5.11 Å². The average Bonchev–Trinajstić information content (AvgIpc) is 3.46. The summed E-state index contributed by atoms with van der Waals surface area (Å²) in [7, 11) is 0. The van der Waals surface area contributed by atoms with Crippen LogP contribution in [0.1, 0.15) is 99.3 Å². The van der Waals surface area contributed by atoms with Crippen LogP contribution in [-0.2, 0) is 11.1 Å².